The minimum atomic E-state index is 0.184. The molecule has 0 saturated carbocycles. The number of amides is 1. The topological polar surface area (TPSA) is 20.3 Å². The third-order valence-corrected chi connectivity index (χ3v) is 3.87. The quantitative estimate of drug-likeness (QED) is 0.675. The van der Waals surface area contributed by atoms with Crippen molar-refractivity contribution in [1.29, 1.82) is 0 Å². The summed E-state index contributed by atoms with van der Waals surface area (Å²) in [5.74, 6) is 0.248. The summed E-state index contributed by atoms with van der Waals surface area (Å²) in [4.78, 5) is 14.2. The van der Waals surface area contributed by atoms with Crippen LogP contribution in [0.4, 0.5) is 5.69 Å². The Bertz CT molecular complexity index is 487. The van der Waals surface area contributed by atoms with Crippen LogP contribution in [0.5, 0.6) is 0 Å². The van der Waals surface area contributed by atoms with E-state index in [-0.39, 0.29) is 17.4 Å². The molecule has 0 spiro atoms. The SMILES string of the molecule is CC1(C)CCC(=O)N(c2ccccc2)C2C=C21. The number of para-hydroxylation sites is 1. The summed E-state index contributed by atoms with van der Waals surface area (Å²) in [6.07, 6.45) is 3.83. The minimum absolute atomic E-state index is 0.184. The van der Waals surface area contributed by atoms with Crippen molar-refractivity contribution in [2.24, 2.45) is 5.41 Å². The lowest BCUT2D eigenvalue weighted by molar-refractivity contribution is -0.118. The molecule has 1 atom stereocenters. The normalized spacial score (nSPS) is 26.0. The van der Waals surface area contributed by atoms with Crippen molar-refractivity contribution in [1.82, 2.24) is 0 Å². The molecule has 1 aromatic rings. The van der Waals surface area contributed by atoms with Gasteiger partial charge in [0.2, 0.25) is 5.91 Å². The molecule has 0 radical (unpaired) electrons. The number of carbonyl (C=O) groups is 1. The van der Waals surface area contributed by atoms with E-state index in [1.165, 1.54) is 5.57 Å². The zero-order valence-corrected chi connectivity index (χ0v) is 10.3. The Balaban J connectivity index is 1.95. The van der Waals surface area contributed by atoms with Crippen LogP contribution in [-0.2, 0) is 4.79 Å². The number of carbonyl (C=O) groups excluding carboxylic acids is 1. The van der Waals surface area contributed by atoms with E-state index in [0.717, 1.165) is 12.1 Å². The van der Waals surface area contributed by atoms with Crippen molar-refractivity contribution < 1.29 is 4.79 Å². The Morgan fingerprint density at radius 3 is 2.65 bits per heavy atom. The Morgan fingerprint density at radius 1 is 1.24 bits per heavy atom. The second kappa shape index (κ2) is 3.46. The molecule has 3 rings (SSSR count). The van der Waals surface area contributed by atoms with E-state index < -0.39 is 0 Å². The molecular formula is C15H17NO. The van der Waals surface area contributed by atoms with Gasteiger partial charge in [-0.3, -0.25) is 4.79 Å². The van der Waals surface area contributed by atoms with Gasteiger partial charge in [0.05, 0.1) is 6.04 Å². The summed E-state index contributed by atoms with van der Waals surface area (Å²) in [7, 11) is 0. The lowest BCUT2D eigenvalue weighted by Crippen LogP contribution is -2.33. The van der Waals surface area contributed by atoms with Gasteiger partial charge in [-0.2, -0.15) is 0 Å². The molecular weight excluding hydrogens is 210 g/mol. The second-order valence-electron chi connectivity index (χ2n) is 5.55. The molecule has 1 heterocycles. The van der Waals surface area contributed by atoms with Gasteiger partial charge in [-0.25, -0.2) is 0 Å². The van der Waals surface area contributed by atoms with Gasteiger partial charge in [-0.1, -0.05) is 38.1 Å². The van der Waals surface area contributed by atoms with Crippen LogP contribution in [0.1, 0.15) is 26.7 Å². The number of nitrogens with zero attached hydrogens (tertiary/aromatic N) is 1. The van der Waals surface area contributed by atoms with Crippen LogP contribution in [0.2, 0.25) is 0 Å². The third kappa shape index (κ3) is 1.68. The Hall–Kier alpha value is -1.57. The lowest BCUT2D eigenvalue weighted by atomic mass is 9.85. The molecule has 17 heavy (non-hydrogen) atoms. The fraction of sp³-hybridized carbons (Fsp3) is 0.400. The molecule has 1 aliphatic heterocycles. The van der Waals surface area contributed by atoms with Crippen molar-refractivity contribution in [3.05, 3.63) is 42.0 Å². The van der Waals surface area contributed by atoms with Crippen molar-refractivity contribution >= 4 is 11.6 Å². The van der Waals surface area contributed by atoms with E-state index in [0.29, 0.717) is 6.42 Å². The fourth-order valence-electron chi connectivity index (χ4n) is 2.69. The van der Waals surface area contributed by atoms with Crippen LogP contribution in [0.25, 0.3) is 0 Å². The van der Waals surface area contributed by atoms with Gasteiger partial charge in [0.15, 0.2) is 0 Å². The molecule has 1 amide bonds. The number of rotatable bonds is 1. The molecule has 1 aromatic carbocycles. The largest absolute Gasteiger partial charge is 0.302 e. The molecule has 2 nitrogen and oxygen atoms in total. The molecule has 1 fully saturated rings. The van der Waals surface area contributed by atoms with Crippen LogP contribution in [0.3, 0.4) is 0 Å². The summed E-state index contributed by atoms with van der Waals surface area (Å²) < 4.78 is 0. The maximum atomic E-state index is 12.2. The van der Waals surface area contributed by atoms with E-state index in [2.05, 4.69) is 19.9 Å². The molecule has 2 heteroatoms. The number of hydrogen-bond acceptors (Lipinski definition) is 1. The lowest BCUT2D eigenvalue weighted by Gasteiger charge is -2.23. The summed E-state index contributed by atoms with van der Waals surface area (Å²) in [5, 5.41) is 0. The summed E-state index contributed by atoms with van der Waals surface area (Å²) in [6, 6.07) is 10.2. The highest BCUT2D eigenvalue weighted by Gasteiger charge is 2.45. The van der Waals surface area contributed by atoms with Crippen molar-refractivity contribution in [3.8, 4) is 0 Å². The Kier molecular flexibility index (Phi) is 2.15. The molecule has 1 aliphatic carbocycles. The van der Waals surface area contributed by atoms with Crippen LogP contribution < -0.4 is 4.90 Å². The van der Waals surface area contributed by atoms with Gasteiger partial charge in [-0.15, -0.1) is 0 Å². The van der Waals surface area contributed by atoms with Crippen molar-refractivity contribution in [2.75, 3.05) is 4.90 Å². The van der Waals surface area contributed by atoms with E-state index >= 15 is 0 Å². The van der Waals surface area contributed by atoms with E-state index in [4.69, 9.17) is 0 Å². The molecule has 1 saturated heterocycles. The van der Waals surface area contributed by atoms with E-state index in [1.807, 2.05) is 35.2 Å². The van der Waals surface area contributed by atoms with Crippen LogP contribution in [0, 0.1) is 5.41 Å². The van der Waals surface area contributed by atoms with Gasteiger partial charge in [0.1, 0.15) is 0 Å². The standard InChI is InChI=1S/C15H17NO/c1-15(2)9-8-14(17)16(13-10-12(13)15)11-6-4-3-5-7-11/h3-7,10,13H,8-9H2,1-2H3. The van der Waals surface area contributed by atoms with Crippen LogP contribution in [-0.4, -0.2) is 11.9 Å². The number of fused-ring (bicyclic) bond motifs is 1. The Labute approximate surface area is 102 Å². The molecule has 0 N–H and O–H groups in total. The van der Waals surface area contributed by atoms with Crippen LogP contribution >= 0.6 is 0 Å². The zero-order chi connectivity index (χ0) is 12.0. The number of anilines is 1. The molecule has 1 unspecified atom stereocenters. The van der Waals surface area contributed by atoms with Crippen molar-refractivity contribution in [3.63, 3.8) is 0 Å². The molecule has 0 aromatic heterocycles. The van der Waals surface area contributed by atoms with Crippen molar-refractivity contribution in [2.45, 2.75) is 32.7 Å². The first kappa shape index (κ1) is 10.6. The summed E-state index contributed by atoms with van der Waals surface area (Å²) in [5.41, 5.74) is 2.63. The van der Waals surface area contributed by atoms with Gasteiger partial charge in [0, 0.05) is 12.1 Å². The van der Waals surface area contributed by atoms with Crippen LogP contribution in [0.15, 0.2) is 42.0 Å². The highest BCUT2D eigenvalue weighted by atomic mass is 16.2. The summed E-state index contributed by atoms with van der Waals surface area (Å²) >= 11 is 0. The van der Waals surface area contributed by atoms with Gasteiger partial charge < -0.3 is 4.90 Å². The Morgan fingerprint density at radius 2 is 1.94 bits per heavy atom. The monoisotopic (exact) mass is 227 g/mol. The first-order valence-corrected chi connectivity index (χ1v) is 6.19. The predicted octanol–water partition coefficient (Wildman–Crippen LogP) is 3.15. The van der Waals surface area contributed by atoms with Gasteiger partial charge in [0.25, 0.3) is 0 Å². The second-order valence-corrected chi connectivity index (χ2v) is 5.55. The number of benzene rings is 1. The average Bonchev–Trinajstić information content (AvgIpc) is 3.09. The molecule has 2 aliphatic rings. The highest BCUT2D eigenvalue weighted by Crippen LogP contribution is 2.48. The molecule has 0 bridgehead atoms. The fourth-order valence-corrected chi connectivity index (χ4v) is 2.69. The average molecular weight is 227 g/mol. The third-order valence-electron chi connectivity index (χ3n) is 3.87. The number of hydrogen-bond donors (Lipinski definition) is 0. The summed E-state index contributed by atoms with van der Waals surface area (Å²) in [6.45, 7) is 4.47. The molecule has 88 valence electrons. The maximum Gasteiger partial charge on any atom is 0.227 e. The van der Waals surface area contributed by atoms with Gasteiger partial charge in [-0.05, 0) is 29.5 Å². The zero-order valence-electron chi connectivity index (χ0n) is 10.3. The minimum Gasteiger partial charge on any atom is -0.302 e. The highest BCUT2D eigenvalue weighted by molar-refractivity contribution is 5.97. The smallest absolute Gasteiger partial charge is 0.227 e. The maximum absolute atomic E-state index is 12.2. The van der Waals surface area contributed by atoms with Gasteiger partial charge >= 0.3 is 0 Å². The van der Waals surface area contributed by atoms with E-state index in [1.54, 1.807) is 0 Å². The first-order valence-electron chi connectivity index (χ1n) is 6.19. The predicted molar refractivity (Wildman–Crippen MR) is 68.8 cm³/mol. The first-order chi connectivity index (χ1) is 8.09. The van der Waals surface area contributed by atoms with E-state index in [9.17, 15) is 4.79 Å².